The van der Waals surface area contributed by atoms with E-state index in [1.165, 1.54) is 0 Å². The molecule has 3 heteroatoms. The summed E-state index contributed by atoms with van der Waals surface area (Å²) < 4.78 is 5.27. The fraction of sp³-hybridized carbons (Fsp3) is 0.462. The van der Waals surface area contributed by atoms with Gasteiger partial charge in [0.05, 0.1) is 7.11 Å². The quantitative estimate of drug-likeness (QED) is 0.830. The molecule has 0 aliphatic heterocycles. The van der Waals surface area contributed by atoms with Gasteiger partial charge >= 0.3 is 0 Å². The van der Waals surface area contributed by atoms with Gasteiger partial charge in [-0.05, 0) is 38.3 Å². The fourth-order valence-electron chi connectivity index (χ4n) is 2.37. The van der Waals surface area contributed by atoms with Gasteiger partial charge in [0.2, 0.25) is 0 Å². The largest absolute Gasteiger partial charge is 0.508 e. The number of ketones is 1. The monoisotopic (exact) mass is 220 g/mol. The van der Waals surface area contributed by atoms with E-state index in [9.17, 15) is 9.90 Å². The van der Waals surface area contributed by atoms with Crippen LogP contribution in [0.1, 0.15) is 24.5 Å². The summed E-state index contributed by atoms with van der Waals surface area (Å²) in [4.78, 5) is 11.4. The first-order valence-corrected chi connectivity index (χ1v) is 5.51. The van der Waals surface area contributed by atoms with Crippen LogP contribution in [0.15, 0.2) is 12.1 Å². The Balaban J connectivity index is 2.42. The number of methoxy groups -OCH3 is 1. The predicted octanol–water partition coefficient (Wildman–Crippen LogP) is 2.09. The molecule has 1 atom stereocenters. The standard InChI is InChI=1S/C13H16O3/c1-8(14)9-3-4-10-11(7-9)13(16-2)6-5-12(10)15/h5-6,9,15H,3-4,7H2,1-2H3. The molecule has 0 bridgehead atoms. The third-order valence-corrected chi connectivity index (χ3v) is 3.35. The summed E-state index contributed by atoms with van der Waals surface area (Å²) in [7, 11) is 1.62. The van der Waals surface area contributed by atoms with Crippen LogP contribution in [0.3, 0.4) is 0 Å². The maximum atomic E-state index is 11.4. The molecule has 0 spiro atoms. The van der Waals surface area contributed by atoms with Gasteiger partial charge in [-0.25, -0.2) is 0 Å². The number of carbonyl (C=O) groups excluding carboxylic acids is 1. The summed E-state index contributed by atoms with van der Waals surface area (Å²) in [6.45, 7) is 1.63. The highest BCUT2D eigenvalue weighted by Gasteiger charge is 2.26. The van der Waals surface area contributed by atoms with Crippen molar-refractivity contribution in [3.63, 3.8) is 0 Å². The average Bonchev–Trinajstić information content (AvgIpc) is 2.29. The smallest absolute Gasteiger partial charge is 0.133 e. The molecule has 2 rings (SSSR count). The lowest BCUT2D eigenvalue weighted by molar-refractivity contribution is -0.121. The number of hydrogen-bond donors (Lipinski definition) is 1. The van der Waals surface area contributed by atoms with E-state index in [1.807, 2.05) is 0 Å². The van der Waals surface area contributed by atoms with Crippen molar-refractivity contribution in [1.82, 2.24) is 0 Å². The lowest BCUT2D eigenvalue weighted by Gasteiger charge is -2.25. The molecule has 1 unspecified atom stereocenters. The molecule has 0 saturated carbocycles. The number of benzene rings is 1. The van der Waals surface area contributed by atoms with Gasteiger partial charge in [-0.15, -0.1) is 0 Å². The van der Waals surface area contributed by atoms with Crippen LogP contribution in [0.2, 0.25) is 0 Å². The Hall–Kier alpha value is -1.51. The summed E-state index contributed by atoms with van der Waals surface area (Å²) in [5.41, 5.74) is 1.94. The first-order chi connectivity index (χ1) is 7.63. The number of carbonyl (C=O) groups is 1. The van der Waals surface area contributed by atoms with E-state index >= 15 is 0 Å². The summed E-state index contributed by atoms with van der Waals surface area (Å²) in [5, 5.41) is 9.76. The van der Waals surface area contributed by atoms with E-state index < -0.39 is 0 Å². The molecule has 0 heterocycles. The highest BCUT2D eigenvalue weighted by atomic mass is 16.5. The summed E-state index contributed by atoms with van der Waals surface area (Å²) in [6, 6.07) is 3.42. The minimum atomic E-state index is 0.0724. The van der Waals surface area contributed by atoms with E-state index in [4.69, 9.17) is 4.74 Å². The Morgan fingerprint density at radius 1 is 1.44 bits per heavy atom. The molecule has 0 amide bonds. The number of aromatic hydroxyl groups is 1. The highest BCUT2D eigenvalue weighted by molar-refractivity contribution is 5.79. The van der Waals surface area contributed by atoms with Crippen LogP contribution in [-0.2, 0) is 17.6 Å². The molecule has 0 aromatic heterocycles. The maximum Gasteiger partial charge on any atom is 0.133 e. The Morgan fingerprint density at radius 2 is 2.19 bits per heavy atom. The molecule has 86 valence electrons. The van der Waals surface area contributed by atoms with E-state index in [0.29, 0.717) is 12.2 Å². The van der Waals surface area contributed by atoms with Gasteiger partial charge in [0.15, 0.2) is 0 Å². The van der Waals surface area contributed by atoms with Gasteiger partial charge in [-0.1, -0.05) is 0 Å². The van der Waals surface area contributed by atoms with Gasteiger partial charge in [-0.3, -0.25) is 4.79 Å². The SMILES string of the molecule is COc1ccc(O)c2c1CC(C(C)=O)CC2. The molecule has 1 aliphatic carbocycles. The van der Waals surface area contributed by atoms with E-state index in [2.05, 4.69) is 0 Å². The van der Waals surface area contributed by atoms with E-state index in [1.54, 1.807) is 26.2 Å². The van der Waals surface area contributed by atoms with Gasteiger partial charge in [0.1, 0.15) is 17.3 Å². The van der Waals surface area contributed by atoms with Crippen molar-refractivity contribution in [2.45, 2.75) is 26.2 Å². The minimum Gasteiger partial charge on any atom is -0.508 e. The topological polar surface area (TPSA) is 46.5 Å². The van der Waals surface area contributed by atoms with Crippen molar-refractivity contribution in [2.75, 3.05) is 7.11 Å². The number of phenols is 1. The zero-order chi connectivity index (χ0) is 11.7. The molecular formula is C13H16O3. The molecular weight excluding hydrogens is 204 g/mol. The van der Waals surface area contributed by atoms with Crippen molar-refractivity contribution in [3.05, 3.63) is 23.3 Å². The van der Waals surface area contributed by atoms with Gasteiger partial charge in [0, 0.05) is 17.0 Å². The maximum absolute atomic E-state index is 11.4. The summed E-state index contributed by atoms with van der Waals surface area (Å²) in [6.07, 6.45) is 2.26. The molecule has 1 N–H and O–H groups in total. The molecule has 1 aromatic carbocycles. The molecule has 0 saturated heterocycles. The Labute approximate surface area is 95.0 Å². The van der Waals surface area contributed by atoms with Gasteiger partial charge in [0.25, 0.3) is 0 Å². The second kappa shape index (κ2) is 4.16. The van der Waals surface area contributed by atoms with Crippen molar-refractivity contribution in [3.8, 4) is 11.5 Å². The average molecular weight is 220 g/mol. The number of phenolic OH excluding ortho intramolecular Hbond substituents is 1. The van der Waals surface area contributed by atoms with Crippen molar-refractivity contribution in [1.29, 1.82) is 0 Å². The first-order valence-electron chi connectivity index (χ1n) is 5.51. The number of hydrogen-bond acceptors (Lipinski definition) is 3. The number of fused-ring (bicyclic) bond motifs is 1. The van der Waals surface area contributed by atoms with Crippen LogP contribution in [0, 0.1) is 5.92 Å². The second-order valence-electron chi connectivity index (χ2n) is 4.29. The van der Waals surface area contributed by atoms with E-state index in [0.717, 1.165) is 29.7 Å². The number of ether oxygens (including phenoxy) is 1. The summed E-state index contributed by atoms with van der Waals surface area (Å²) in [5.74, 6) is 1.38. The van der Waals surface area contributed by atoms with Gasteiger partial charge < -0.3 is 9.84 Å². The van der Waals surface area contributed by atoms with Crippen LogP contribution >= 0.6 is 0 Å². The minimum absolute atomic E-state index is 0.0724. The van der Waals surface area contributed by atoms with Crippen molar-refractivity contribution < 1.29 is 14.6 Å². The molecule has 16 heavy (non-hydrogen) atoms. The Bertz CT molecular complexity index is 423. The zero-order valence-corrected chi connectivity index (χ0v) is 9.62. The van der Waals surface area contributed by atoms with E-state index in [-0.39, 0.29) is 11.7 Å². The second-order valence-corrected chi connectivity index (χ2v) is 4.29. The predicted molar refractivity (Wildman–Crippen MR) is 60.9 cm³/mol. The third-order valence-electron chi connectivity index (χ3n) is 3.35. The molecule has 3 nitrogen and oxygen atoms in total. The van der Waals surface area contributed by atoms with Crippen molar-refractivity contribution >= 4 is 5.78 Å². The van der Waals surface area contributed by atoms with Gasteiger partial charge in [-0.2, -0.15) is 0 Å². The number of Topliss-reactive ketones (excluding diaryl/α,β-unsaturated/α-hetero) is 1. The molecule has 1 aromatic rings. The van der Waals surface area contributed by atoms with Crippen LogP contribution in [0.4, 0.5) is 0 Å². The lowest BCUT2D eigenvalue weighted by atomic mass is 9.81. The first kappa shape index (κ1) is 11.0. The third kappa shape index (κ3) is 1.77. The molecule has 1 aliphatic rings. The fourth-order valence-corrected chi connectivity index (χ4v) is 2.37. The lowest BCUT2D eigenvalue weighted by Crippen LogP contribution is -2.21. The van der Waals surface area contributed by atoms with Crippen LogP contribution in [-0.4, -0.2) is 18.0 Å². The summed E-state index contributed by atoms with van der Waals surface area (Å²) >= 11 is 0. The molecule has 0 fully saturated rings. The van der Waals surface area contributed by atoms with Crippen LogP contribution in [0.25, 0.3) is 0 Å². The molecule has 0 radical (unpaired) electrons. The Kier molecular flexibility index (Phi) is 2.86. The van der Waals surface area contributed by atoms with Crippen LogP contribution in [0.5, 0.6) is 11.5 Å². The zero-order valence-electron chi connectivity index (χ0n) is 9.62. The van der Waals surface area contributed by atoms with Crippen molar-refractivity contribution in [2.24, 2.45) is 5.92 Å². The van der Waals surface area contributed by atoms with Crippen LogP contribution < -0.4 is 4.74 Å². The number of rotatable bonds is 2. The Morgan fingerprint density at radius 3 is 2.81 bits per heavy atom. The highest BCUT2D eigenvalue weighted by Crippen LogP contribution is 2.37. The normalized spacial score (nSPS) is 19.0.